The van der Waals surface area contributed by atoms with Crippen molar-refractivity contribution in [3.8, 4) is 6.07 Å². The second kappa shape index (κ2) is 5.18. The maximum absolute atomic E-state index is 10.6. The summed E-state index contributed by atoms with van der Waals surface area (Å²) in [7, 11) is 0. The van der Waals surface area contributed by atoms with Gasteiger partial charge in [-0.25, -0.2) is 9.31 Å². The number of fused-ring (bicyclic) bond motifs is 1. The van der Waals surface area contributed by atoms with Crippen molar-refractivity contribution >= 4 is 11.5 Å². The Hall–Kier alpha value is -2.56. The van der Waals surface area contributed by atoms with Crippen molar-refractivity contribution in [2.75, 3.05) is 0 Å². The number of halogens is 3. The highest BCUT2D eigenvalue weighted by Crippen LogP contribution is 2.13. The lowest BCUT2D eigenvalue weighted by molar-refractivity contribution is -0.192. The molecule has 0 aliphatic heterocycles. The van der Waals surface area contributed by atoms with Gasteiger partial charge in [0.2, 0.25) is 0 Å². The first-order valence-corrected chi connectivity index (χ1v) is 4.49. The summed E-state index contributed by atoms with van der Waals surface area (Å²) in [5.74, 6) is -2.76. The van der Waals surface area contributed by atoms with Gasteiger partial charge in [0, 0.05) is 6.20 Å². The summed E-state index contributed by atoms with van der Waals surface area (Å²) in [5.41, 5.74) is 1.51. The molecule has 0 unspecified atom stereocenters. The third-order valence-corrected chi connectivity index (χ3v) is 1.80. The second-order valence-electron chi connectivity index (χ2n) is 3.00. The Morgan fingerprint density at radius 1 is 1.44 bits per heavy atom. The lowest BCUT2D eigenvalue weighted by Crippen LogP contribution is -2.21. The Balaban J connectivity index is 0.000000203. The number of carbonyl (C=O) groups is 1. The number of nitrogens with zero attached hydrogens (tertiary/aromatic N) is 3. The minimum absolute atomic E-state index is 0.657. The molecule has 0 saturated heterocycles. The van der Waals surface area contributed by atoms with Crippen LogP contribution in [0.4, 0.5) is 13.2 Å². The van der Waals surface area contributed by atoms with E-state index in [1.54, 1.807) is 22.8 Å². The number of carboxylic acid groups (broad SMARTS) is 1. The Morgan fingerprint density at radius 3 is 2.56 bits per heavy atom. The van der Waals surface area contributed by atoms with Crippen molar-refractivity contribution in [2.45, 2.75) is 6.18 Å². The van der Waals surface area contributed by atoms with E-state index in [0.717, 1.165) is 5.52 Å². The topological polar surface area (TPSA) is 78.4 Å². The first-order valence-electron chi connectivity index (χ1n) is 4.49. The Morgan fingerprint density at radius 2 is 2.06 bits per heavy atom. The van der Waals surface area contributed by atoms with Crippen LogP contribution in [-0.4, -0.2) is 26.9 Å². The largest absolute Gasteiger partial charge is 0.490 e. The number of nitriles is 1. The van der Waals surface area contributed by atoms with Gasteiger partial charge in [0.05, 0.1) is 17.3 Å². The van der Waals surface area contributed by atoms with Gasteiger partial charge in [0.25, 0.3) is 0 Å². The van der Waals surface area contributed by atoms with Crippen LogP contribution in [0.3, 0.4) is 0 Å². The van der Waals surface area contributed by atoms with Gasteiger partial charge in [-0.3, -0.25) is 0 Å². The summed E-state index contributed by atoms with van der Waals surface area (Å²) in [6.45, 7) is 0. The normalized spacial score (nSPS) is 10.3. The van der Waals surface area contributed by atoms with Crippen LogP contribution >= 0.6 is 0 Å². The third kappa shape index (κ3) is 3.21. The zero-order valence-corrected chi connectivity index (χ0v) is 8.72. The van der Waals surface area contributed by atoms with Crippen molar-refractivity contribution in [2.24, 2.45) is 0 Å². The molecule has 0 saturated carbocycles. The molecule has 2 aromatic rings. The number of hydrogen-bond donors (Lipinski definition) is 1. The molecule has 0 fully saturated rings. The van der Waals surface area contributed by atoms with E-state index in [-0.39, 0.29) is 0 Å². The molecular weight excluding hydrogens is 251 g/mol. The molecular formula is C10H6F3N3O2. The molecule has 94 valence electrons. The van der Waals surface area contributed by atoms with E-state index in [2.05, 4.69) is 11.2 Å². The van der Waals surface area contributed by atoms with Gasteiger partial charge in [-0.15, -0.1) is 0 Å². The minimum atomic E-state index is -5.08. The summed E-state index contributed by atoms with van der Waals surface area (Å²) in [6, 6.07) is 7.49. The van der Waals surface area contributed by atoms with Crippen LogP contribution in [0.2, 0.25) is 0 Å². The smallest absolute Gasteiger partial charge is 0.475 e. The fourth-order valence-corrected chi connectivity index (χ4v) is 1.05. The molecule has 2 heterocycles. The summed E-state index contributed by atoms with van der Waals surface area (Å²) in [5, 5.41) is 19.8. The molecule has 18 heavy (non-hydrogen) atoms. The molecule has 0 bridgehead atoms. The molecule has 0 atom stereocenters. The third-order valence-electron chi connectivity index (χ3n) is 1.80. The number of pyridine rings is 1. The molecule has 0 aliphatic carbocycles. The van der Waals surface area contributed by atoms with E-state index in [1.807, 2.05) is 12.3 Å². The number of aliphatic carboxylic acids is 1. The predicted molar refractivity (Wildman–Crippen MR) is 53.6 cm³/mol. The second-order valence-corrected chi connectivity index (χ2v) is 3.00. The van der Waals surface area contributed by atoms with Gasteiger partial charge in [0.1, 0.15) is 6.07 Å². The molecule has 2 rings (SSSR count). The van der Waals surface area contributed by atoms with Gasteiger partial charge in [-0.1, -0.05) is 0 Å². The maximum Gasteiger partial charge on any atom is 0.490 e. The quantitative estimate of drug-likeness (QED) is 0.781. The first kappa shape index (κ1) is 13.5. The molecule has 0 amide bonds. The van der Waals surface area contributed by atoms with Crippen molar-refractivity contribution in [3.05, 3.63) is 36.2 Å². The number of carboxylic acids is 1. The number of aromatic nitrogens is 2. The summed E-state index contributed by atoms with van der Waals surface area (Å²) >= 11 is 0. The summed E-state index contributed by atoms with van der Waals surface area (Å²) in [6.07, 6.45) is -1.59. The van der Waals surface area contributed by atoms with E-state index < -0.39 is 12.1 Å². The molecule has 8 heteroatoms. The Bertz CT molecular complexity index is 598. The monoisotopic (exact) mass is 257 g/mol. The van der Waals surface area contributed by atoms with Crippen LogP contribution in [-0.2, 0) is 4.79 Å². The average Bonchev–Trinajstić information content (AvgIpc) is 2.76. The van der Waals surface area contributed by atoms with Crippen LogP contribution in [0.5, 0.6) is 0 Å². The highest BCUT2D eigenvalue weighted by Gasteiger charge is 2.38. The van der Waals surface area contributed by atoms with Crippen LogP contribution in [0.25, 0.3) is 5.52 Å². The lowest BCUT2D eigenvalue weighted by atomic mass is 10.2. The fraction of sp³-hybridized carbons (Fsp3) is 0.100. The average molecular weight is 257 g/mol. The van der Waals surface area contributed by atoms with Crippen molar-refractivity contribution in [1.29, 1.82) is 5.26 Å². The first-order chi connectivity index (χ1) is 8.36. The van der Waals surface area contributed by atoms with E-state index in [1.165, 1.54) is 0 Å². The molecule has 0 radical (unpaired) electrons. The number of alkyl halides is 3. The predicted octanol–water partition coefficient (Wildman–Crippen LogP) is 1.84. The molecule has 0 aromatic carbocycles. The summed E-state index contributed by atoms with van der Waals surface area (Å²) in [4.78, 5) is 8.90. The number of rotatable bonds is 0. The lowest BCUT2D eigenvalue weighted by Gasteiger charge is -1.93. The van der Waals surface area contributed by atoms with Gasteiger partial charge in [-0.2, -0.15) is 23.5 Å². The van der Waals surface area contributed by atoms with Crippen molar-refractivity contribution in [1.82, 2.24) is 9.61 Å². The Labute approximate surface area is 98.7 Å². The highest BCUT2D eigenvalue weighted by molar-refractivity contribution is 5.73. The number of hydrogen-bond acceptors (Lipinski definition) is 3. The van der Waals surface area contributed by atoms with Crippen molar-refractivity contribution in [3.63, 3.8) is 0 Å². The zero-order chi connectivity index (χ0) is 13.8. The van der Waals surface area contributed by atoms with E-state index >= 15 is 0 Å². The van der Waals surface area contributed by atoms with Crippen LogP contribution in [0.1, 0.15) is 5.56 Å². The molecule has 1 N–H and O–H groups in total. The summed E-state index contributed by atoms with van der Waals surface area (Å²) < 4.78 is 33.4. The van der Waals surface area contributed by atoms with Crippen LogP contribution in [0, 0.1) is 11.3 Å². The highest BCUT2D eigenvalue weighted by atomic mass is 19.4. The Kier molecular flexibility index (Phi) is 3.89. The van der Waals surface area contributed by atoms with Crippen LogP contribution < -0.4 is 0 Å². The molecule has 0 aliphatic rings. The van der Waals surface area contributed by atoms with E-state index in [0.29, 0.717) is 5.56 Å². The van der Waals surface area contributed by atoms with E-state index in [9.17, 15) is 13.2 Å². The molecule has 2 aromatic heterocycles. The minimum Gasteiger partial charge on any atom is -0.475 e. The molecule has 5 nitrogen and oxygen atoms in total. The van der Waals surface area contributed by atoms with Gasteiger partial charge < -0.3 is 5.11 Å². The van der Waals surface area contributed by atoms with Gasteiger partial charge in [-0.05, 0) is 18.2 Å². The fourth-order valence-electron chi connectivity index (χ4n) is 1.05. The van der Waals surface area contributed by atoms with Crippen LogP contribution in [0.15, 0.2) is 30.6 Å². The zero-order valence-electron chi connectivity index (χ0n) is 8.72. The van der Waals surface area contributed by atoms with E-state index in [4.69, 9.17) is 15.2 Å². The van der Waals surface area contributed by atoms with Crippen molar-refractivity contribution < 1.29 is 23.1 Å². The molecule has 0 spiro atoms. The standard InChI is InChI=1S/C8H5N3.C2HF3O2/c9-6-7-2-1-5-11-8(7)3-4-10-11;3-2(4,5)1(6)7/h1-5H;(H,6,7). The van der Waals surface area contributed by atoms with Gasteiger partial charge >= 0.3 is 12.1 Å². The SMILES string of the molecule is N#Cc1cccn2nccc12.O=C(O)C(F)(F)F. The maximum atomic E-state index is 10.6. The van der Waals surface area contributed by atoms with Gasteiger partial charge in [0.15, 0.2) is 0 Å².